The summed E-state index contributed by atoms with van der Waals surface area (Å²) in [5.74, 6) is 0.958. The Kier molecular flexibility index (Phi) is 5.12. The summed E-state index contributed by atoms with van der Waals surface area (Å²) in [6.45, 7) is 4.28. The Labute approximate surface area is 172 Å². The van der Waals surface area contributed by atoms with Crippen molar-refractivity contribution >= 4 is 11.8 Å². The van der Waals surface area contributed by atoms with E-state index in [9.17, 15) is 15.2 Å². The zero-order valence-electron chi connectivity index (χ0n) is 17.1. The maximum Gasteiger partial charge on any atom is 0.309 e. The predicted octanol–water partition coefficient (Wildman–Crippen LogP) is 3.73. The smallest absolute Gasteiger partial charge is 0.309 e. The van der Waals surface area contributed by atoms with E-state index in [4.69, 9.17) is 9.73 Å². The van der Waals surface area contributed by atoms with Crippen molar-refractivity contribution in [1.29, 1.82) is 5.26 Å². The van der Waals surface area contributed by atoms with Gasteiger partial charge in [0, 0.05) is 0 Å². The molecule has 0 heterocycles. The first-order valence-corrected chi connectivity index (χ1v) is 10.5. The van der Waals surface area contributed by atoms with Crippen LogP contribution >= 0.6 is 0 Å². The number of aliphatic carboxylic acids is 1. The minimum atomic E-state index is -0.745. The van der Waals surface area contributed by atoms with E-state index < -0.39 is 17.0 Å². The molecule has 4 bridgehead atoms. The molecule has 4 aliphatic rings. The molecule has 154 valence electrons. The number of rotatable bonds is 6. The van der Waals surface area contributed by atoms with Crippen LogP contribution < -0.4 is 5.32 Å². The van der Waals surface area contributed by atoms with Crippen molar-refractivity contribution < 1.29 is 14.6 Å². The zero-order valence-corrected chi connectivity index (χ0v) is 17.1. The summed E-state index contributed by atoms with van der Waals surface area (Å²) in [6, 6.07) is 9.99. The van der Waals surface area contributed by atoms with Crippen LogP contribution in [-0.4, -0.2) is 28.6 Å². The summed E-state index contributed by atoms with van der Waals surface area (Å²) < 4.78 is 6.14. The largest absolute Gasteiger partial charge is 0.481 e. The number of hydrogen-bond donors (Lipinski definition) is 2. The molecule has 2 atom stereocenters. The molecule has 5 rings (SSSR count). The molecule has 6 heteroatoms. The zero-order chi connectivity index (χ0) is 20.6. The summed E-state index contributed by atoms with van der Waals surface area (Å²) in [4.78, 5) is 17.0. The first-order valence-electron chi connectivity index (χ1n) is 10.5. The lowest BCUT2D eigenvalue weighted by Crippen LogP contribution is -2.56. The van der Waals surface area contributed by atoms with Gasteiger partial charge in [-0.25, -0.2) is 0 Å². The van der Waals surface area contributed by atoms with Crippen LogP contribution in [-0.2, 0) is 16.1 Å². The molecule has 6 nitrogen and oxygen atoms in total. The molecular weight excluding hydrogens is 366 g/mol. The van der Waals surface area contributed by atoms with Crippen molar-refractivity contribution in [2.75, 3.05) is 0 Å². The fraction of sp³-hybridized carbons (Fsp3) is 0.609. The van der Waals surface area contributed by atoms with Crippen LogP contribution in [0.2, 0.25) is 0 Å². The monoisotopic (exact) mass is 395 g/mol. The highest BCUT2D eigenvalue weighted by Gasteiger charge is 2.59. The summed E-state index contributed by atoms with van der Waals surface area (Å²) >= 11 is 0. The average Bonchev–Trinajstić information content (AvgIpc) is 2.68. The topological polar surface area (TPSA) is 94.7 Å². The summed E-state index contributed by atoms with van der Waals surface area (Å²) in [6.07, 6.45) is 6.33. The molecule has 0 spiro atoms. The standard InChI is InChI=1S/C23H29N3O3/c1-22(2,29-13-15-6-4-3-5-7-15)20(25-14-24)26-19-17-8-16-9-18(19)12-23(10-16,11-17)21(27)28/h3-7,16-19H,8-13H2,1-2H3,(H,25,26)(H,27,28). The molecule has 1 aromatic carbocycles. The quantitative estimate of drug-likeness (QED) is 0.331. The van der Waals surface area contributed by atoms with Crippen molar-refractivity contribution in [3.63, 3.8) is 0 Å². The Bertz CT molecular complexity index is 827. The predicted molar refractivity (Wildman–Crippen MR) is 109 cm³/mol. The SMILES string of the molecule is CC(C)(OCc1ccccc1)C(=NC1C2CC3CC1CC(C(=O)O)(C3)C2)NC#N. The van der Waals surface area contributed by atoms with E-state index >= 15 is 0 Å². The Morgan fingerprint density at radius 1 is 1.28 bits per heavy atom. The van der Waals surface area contributed by atoms with Gasteiger partial charge in [0.15, 0.2) is 6.19 Å². The number of carbonyl (C=O) groups is 1. The summed E-state index contributed by atoms with van der Waals surface area (Å²) in [5.41, 5.74) is -0.232. The molecule has 0 amide bonds. The van der Waals surface area contributed by atoms with Gasteiger partial charge >= 0.3 is 5.97 Å². The van der Waals surface area contributed by atoms with E-state index in [-0.39, 0.29) is 17.9 Å². The Morgan fingerprint density at radius 2 is 1.93 bits per heavy atom. The molecule has 29 heavy (non-hydrogen) atoms. The summed E-state index contributed by atoms with van der Waals surface area (Å²) in [7, 11) is 0. The lowest BCUT2D eigenvalue weighted by molar-refractivity contribution is -0.166. The third-order valence-corrected chi connectivity index (χ3v) is 7.14. The van der Waals surface area contributed by atoms with Crippen molar-refractivity contribution in [2.24, 2.45) is 28.2 Å². The third-order valence-electron chi connectivity index (χ3n) is 7.14. The van der Waals surface area contributed by atoms with Crippen molar-refractivity contribution in [3.8, 4) is 6.19 Å². The number of hydrogen-bond acceptors (Lipinski definition) is 4. The van der Waals surface area contributed by atoms with Crippen LogP contribution in [0, 0.1) is 34.6 Å². The highest BCUT2D eigenvalue weighted by Crippen LogP contribution is 2.61. The molecular formula is C23H29N3O3. The highest BCUT2D eigenvalue weighted by molar-refractivity contribution is 5.91. The van der Waals surface area contributed by atoms with Crippen LogP contribution in [0.3, 0.4) is 0 Å². The van der Waals surface area contributed by atoms with Crippen LogP contribution in [0.15, 0.2) is 35.3 Å². The Hall–Kier alpha value is -2.39. The fourth-order valence-electron chi connectivity index (χ4n) is 5.92. The fourth-order valence-corrected chi connectivity index (χ4v) is 5.92. The van der Waals surface area contributed by atoms with Gasteiger partial charge in [-0.1, -0.05) is 30.3 Å². The van der Waals surface area contributed by atoms with Gasteiger partial charge in [0.25, 0.3) is 0 Å². The molecule has 2 unspecified atom stereocenters. The maximum atomic E-state index is 12.0. The first kappa shape index (κ1) is 19.9. The molecule has 1 aromatic rings. The van der Waals surface area contributed by atoms with Gasteiger partial charge in [-0.2, -0.15) is 5.26 Å². The number of nitriles is 1. The second-order valence-electron chi connectivity index (χ2n) is 9.55. The highest BCUT2D eigenvalue weighted by atomic mass is 16.5. The molecule has 2 N–H and O–H groups in total. The summed E-state index contributed by atoms with van der Waals surface area (Å²) in [5, 5.41) is 21.9. The minimum Gasteiger partial charge on any atom is -0.481 e. The van der Waals surface area contributed by atoms with E-state index in [0.717, 1.165) is 24.8 Å². The number of carboxylic acid groups (broad SMARTS) is 1. The third kappa shape index (κ3) is 3.76. The molecule has 4 fully saturated rings. The molecule has 4 aliphatic carbocycles. The molecule has 0 aromatic heterocycles. The average molecular weight is 396 g/mol. The Morgan fingerprint density at radius 3 is 2.52 bits per heavy atom. The Balaban J connectivity index is 1.54. The molecule has 0 saturated heterocycles. The number of aliphatic imine (C=N–C) groups is 1. The van der Waals surface area contributed by atoms with Gasteiger partial charge in [0.05, 0.1) is 18.1 Å². The minimum absolute atomic E-state index is 0.0643. The lowest BCUT2D eigenvalue weighted by Gasteiger charge is -2.57. The van der Waals surface area contributed by atoms with E-state index in [1.54, 1.807) is 0 Å². The lowest BCUT2D eigenvalue weighted by atomic mass is 9.48. The number of nitrogens with zero attached hydrogens (tertiary/aromatic N) is 2. The van der Waals surface area contributed by atoms with Gasteiger partial charge in [0.1, 0.15) is 11.4 Å². The first-order chi connectivity index (χ1) is 13.8. The van der Waals surface area contributed by atoms with E-state index in [1.165, 1.54) is 0 Å². The van der Waals surface area contributed by atoms with E-state index in [0.29, 0.717) is 31.2 Å². The van der Waals surface area contributed by atoms with Crippen LogP contribution in [0.1, 0.15) is 51.5 Å². The number of benzene rings is 1. The van der Waals surface area contributed by atoms with E-state index in [1.807, 2.05) is 50.4 Å². The number of carboxylic acids is 1. The second-order valence-corrected chi connectivity index (χ2v) is 9.55. The van der Waals surface area contributed by atoms with Gasteiger partial charge in [0.2, 0.25) is 0 Å². The van der Waals surface area contributed by atoms with Crippen molar-refractivity contribution in [1.82, 2.24) is 5.32 Å². The number of amidine groups is 1. The van der Waals surface area contributed by atoms with Gasteiger partial charge in [-0.15, -0.1) is 0 Å². The number of nitrogens with one attached hydrogen (secondary N) is 1. The van der Waals surface area contributed by atoms with Gasteiger partial charge in [-0.05, 0) is 69.3 Å². The molecule has 0 radical (unpaired) electrons. The molecule has 4 saturated carbocycles. The van der Waals surface area contributed by atoms with Crippen molar-refractivity contribution in [2.45, 2.75) is 64.2 Å². The van der Waals surface area contributed by atoms with Crippen molar-refractivity contribution in [3.05, 3.63) is 35.9 Å². The van der Waals surface area contributed by atoms with E-state index in [2.05, 4.69) is 5.32 Å². The van der Waals surface area contributed by atoms with Gasteiger partial charge < -0.3 is 9.84 Å². The second kappa shape index (κ2) is 7.46. The van der Waals surface area contributed by atoms with Crippen LogP contribution in [0.5, 0.6) is 0 Å². The normalized spacial score (nSPS) is 33.3. The molecule has 0 aliphatic heterocycles. The maximum absolute atomic E-state index is 12.0. The number of ether oxygens (including phenoxy) is 1. The van der Waals surface area contributed by atoms with Crippen LogP contribution in [0.25, 0.3) is 0 Å². The van der Waals surface area contributed by atoms with Crippen LogP contribution in [0.4, 0.5) is 0 Å². The van der Waals surface area contributed by atoms with Gasteiger partial charge in [-0.3, -0.25) is 15.1 Å².